The standard InChI is InChI=1S/C15H18N2OS/c1-17(9-12-6-7-19-11-12)10-13-8-16-14-4-2-3-5-15(14)18-13/h2-7,11,13,16H,8-10H2,1H3. The topological polar surface area (TPSA) is 24.5 Å². The van der Waals surface area contributed by atoms with Crippen LogP contribution in [0.5, 0.6) is 5.75 Å². The molecule has 0 saturated heterocycles. The monoisotopic (exact) mass is 274 g/mol. The number of rotatable bonds is 4. The lowest BCUT2D eigenvalue weighted by Gasteiger charge is -2.30. The van der Waals surface area contributed by atoms with Crippen molar-refractivity contribution in [3.8, 4) is 5.75 Å². The molecule has 1 aromatic carbocycles. The zero-order chi connectivity index (χ0) is 13.1. The summed E-state index contributed by atoms with van der Waals surface area (Å²) in [6.45, 7) is 2.77. The van der Waals surface area contributed by atoms with Gasteiger partial charge in [0.15, 0.2) is 0 Å². The number of nitrogens with one attached hydrogen (secondary N) is 1. The molecule has 3 nitrogen and oxygen atoms in total. The average Bonchev–Trinajstić information content (AvgIpc) is 2.91. The van der Waals surface area contributed by atoms with Crippen molar-refractivity contribution in [2.75, 3.05) is 25.5 Å². The van der Waals surface area contributed by atoms with Gasteiger partial charge in [-0.3, -0.25) is 4.90 Å². The van der Waals surface area contributed by atoms with E-state index in [4.69, 9.17) is 4.74 Å². The first-order valence-corrected chi connectivity index (χ1v) is 7.45. The normalized spacial score (nSPS) is 17.7. The summed E-state index contributed by atoms with van der Waals surface area (Å²) in [5, 5.41) is 7.75. The smallest absolute Gasteiger partial charge is 0.142 e. The van der Waals surface area contributed by atoms with E-state index in [1.54, 1.807) is 11.3 Å². The molecule has 0 bridgehead atoms. The van der Waals surface area contributed by atoms with Gasteiger partial charge in [0.25, 0.3) is 0 Å². The summed E-state index contributed by atoms with van der Waals surface area (Å²) in [4.78, 5) is 2.31. The summed E-state index contributed by atoms with van der Waals surface area (Å²) in [7, 11) is 2.14. The van der Waals surface area contributed by atoms with E-state index >= 15 is 0 Å². The highest BCUT2D eigenvalue weighted by Gasteiger charge is 2.20. The predicted octanol–water partition coefficient (Wildman–Crippen LogP) is 3.05. The zero-order valence-electron chi connectivity index (χ0n) is 11.0. The van der Waals surface area contributed by atoms with Gasteiger partial charge < -0.3 is 10.1 Å². The van der Waals surface area contributed by atoms with E-state index in [2.05, 4.69) is 40.2 Å². The molecular formula is C15H18N2OS. The summed E-state index contributed by atoms with van der Waals surface area (Å²) in [5.41, 5.74) is 2.47. The molecule has 1 aliphatic heterocycles. The van der Waals surface area contributed by atoms with Crippen LogP contribution in [0.2, 0.25) is 0 Å². The first-order chi connectivity index (χ1) is 9.31. The van der Waals surface area contributed by atoms with Crippen molar-refractivity contribution in [3.63, 3.8) is 0 Å². The third-order valence-electron chi connectivity index (χ3n) is 3.25. The molecule has 1 N–H and O–H groups in total. The fraction of sp³-hybridized carbons (Fsp3) is 0.333. The largest absolute Gasteiger partial charge is 0.485 e. The Morgan fingerprint density at radius 2 is 2.26 bits per heavy atom. The van der Waals surface area contributed by atoms with E-state index in [-0.39, 0.29) is 6.10 Å². The minimum absolute atomic E-state index is 0.207. The number of fused-ring (bicyclic) bond motifs is 1. The average molecular weight is 274 g/mol. The second-order valence-electron chi connectivity index (χ2n) is 4.95. The first-order valence-electron chi connectivity index (χ1n) is 6.50. The van der Waals surface area contributed by atoms with Gasteiger partial charge in [0.2, 0.25) is 0 Å². The minimum Gasteiger partial charge on any atom is -0.485 e. The molecule has 0 fully saturated rings. The molecule has 1 atom stereocenters. The third kappa shape index (κ3) is 3.08. The third-order valence-corrected chi connectivity index (χ3v) is 3.98. The number of benzene rings is 1. The van der Waals surface area contributed by atoms with Crippen LogP contribution in [0.4, 0.5) is 5.69 Å². The van der Waals surface area contributed by atoms with Crippen LogP contribution in [0.3, 0.4) is 0 Å². The molecule has 0 saturated carbocycles. The molecule has 2 heterocycles. The van der Waals surface area contributed by atoms with Crippen molar-refractivity contribution in [3.05, 3.63) is 46.7 Å². The Kier molecular flexibility index (Phi) is 3.71. The van der Waals surface area contributed by atoms with Crippen molar-refractivity contribution < 1.29 is 4.74 Å². The predicted molar refractivity (Wildman–Crippen MR) is 80.0 cm³/mol. The van der Waals surface area contributed by atoms with E-state index in [1.165, 1.54) is 5.56 Å². The number of para-hydroxylation sites is 2. The summed E-state index contributed by atoms with van der Waals surface area (Å²) in [5.74, 6) is 0.961. The number of likely N-dealkylation sites (N-methyl/N-ethyl adjacent to an activating group) is 1. The molecule has 0 amide bonds. The molecule has 2 aromatic rings. The highest BCUT2D eigenvalue weighted by molar-refractivity contribution is 7.07. The Balaban J connectivity index is 1.57. The highest BCUT2D eigenvalue weighted by atomic mass is 32.1. The van der Waals surface area contributed by atoms with Gasteiger partial charge in [0.05, 0.1) is 12.2 Å². The summed E-state index contributed by atoms with van der Waals surface area (Å²) in [6.07, 6.45) is 0.207. The van der Waals surface area contributed by atoms with Gasteiger partial charge in [-0.25, -0.2) is 0 Å². The number of hydrogen-bond donors (Lipinski definition) is 1. The molecule has 0 radical (unpaired) electrons. The van der Waals surface area contributed by atoms with Crippen molar-refractivity contribution in [1.82, 2.24) is 4.90 Å². The minimum atomic E-state index is 0.207. The summed E-state index contributed by atoms with van der Waals surface area (Å²) < 4.78 is 6.02. The molecule has 19 heavy (non-hydrogen) atoms. The lowest BCUT2D eigenvalue weighted by molar-refractivity contribution is 0.148. The van der Waals surface area contributed by atoms with Crippen molar-refractivity contribution >= 4 is 17.0 Å². The van der Waals surface area contributed by atoms with Crippen molar-refractivity contribution in [1.29, 1.82) is 0 Å². The Morgan fingerprint density at radius 1 is 1.37 bits per heavy atom. The molecule has 100 valence electrons. The van der Waals surface area contributed by atoms with Crippen LogP contribution in [0.25, 0.3) is 0 Å². The second kappa shape index (κ2) is 5.63. The van der Waals surface area contributed by atoms with Crippen molar-refractivity contribution in [2.45, 2.75) is 12.6 Å². The Morgan fingerprint density at radius 3 is 3.11 bits per heavy atom. The van der Waals surface area contributed by atoms with Crippen LogP contribution in [-0.4, -0.2) is 31.1 Å². The molecule has 4 heteroatoms. The van der Waals surface area contributed by atoms with Gasteiger partial charge in [-0.1, -0.05) is 12.1 Å². The molecule has 1 aromatic heterocycles. The molecule has 3 rings (SSSR count). The maximum absolute atomic E-state index is 6.02. The van der Waals surface area contributed by atoms with Gasteiger partial charge >= 0.3 is 0 Å². The van der Waals surface area contributed by atoms with Crippen molar-refractivity contribution in [2.24, 2.45) is 0 Å². The van der Waals surface area contributed by atoms with Gasteiger partial charge in [-0.05, 0) is 41.6 Å². The van der Waals surface area contributed by atoms with Crippen LogP contribution >= 0.6 is 11.3 Å². The highest BCUT2D eigenvalue weighted by Crippen LogP contribution is 2.28. The van der Waals surface area contributed by atoms with Gasteiger partial charge in [-0.15, -0.1) is 0 Å². The SMILES string of the molecule is CN(Cc1ccsc1)CC1CNc2ccccc2O1. The lowest BCUT2D eigenvalue weighted by Crippen LogP contribution is -2.40. The van der Waals surface area contributed by atoms with Crippen LogP contribution in [0, 0.1) is 0 Å². The molecule has 1 aliphatic rings. The van der Waals surface area contributed by atoms with E-state index in [9.17, 15) is 0 Å². The number of hydrogen-bond acceptors (Lipinski definition) is 4. The molecule has 0 aliphatic carbocycles. The van der Waals surface area contributed by atoms with Crippen LogP contribution in [0.15, 0.2) is 41.1 Å². The Labute approximate surface area is 117 Å². The number of anilines is 1. The fourth-order valence-electron chi connectivity index (χ4n) is 2.37. The van der Waals surface area contributed by atoms with E-state index in [1.807, 2.05) is 18.2 Å². The fourth-order valence-corrected chi connectivity index (χ4v) is 3.03. The van der Waals surface area contributed by atoms with Crippen LogP contribution in [0.1, 0.15) is 5.56 Å². The Bertz CT molecular complexity index is 527. The number of nitrogens with zero attached hydrogens (tertiary/aromatic N) is 1. The summed E-state index contributed by atoms with van der Waals surface area (Å²) in [6, 6.07) is 10.3. The van der Waals surface area contributed by atoms with E-state index in [0.29, 0.717) is 0 Å². The lowest BCUT2D eigenvalue weighted by atomic mass is 10.2. The Hall–Kier alpha value is -1.52. The maximum atomic E-state index is 6.02. The zero-order valence-corrected chi connectivity index (χ0v) is 11.8. The molecular weight excluding hydrogens is 256 g/mol. The van der Waals surface area contributed by atoms with Crippen LogP contribution in [-0.2, 0) is 6.54 Å². The van der Waals surface area contributed by atoms with Gasteiger partial charge in [0.1, 0.15) is 11.9 Å². The molecule has 0 spiro atoms. The van der Waals surface area contributed by atoms with E-state index < -0.39 is 0 Å². The maximum Gasteiger partial charge on any atom is 0.142 e. The molecule has 1 unspecified atom stereocenters. The van der Waals surface area contributed by atoms with Gasteiger partial charge in [-0.2, -0.15) is 11.3 Å². The second-order valence-corrected chi connectivity index (χ2v) is 5.73. The number of thiophene rings is 1. The van der Waals surface area contributed by atoms with E-state index in [0.717, 1.165) is 31.1 Å². The number of ether oxygens (including phenoxy) is 1. The quantitative estimate of drug-likeness (QED) is 0.927. The summed E-state index contributed by atoms with van der Waals surface area (Å²) >= 11 is 1.75. The van der Waals surface area contributed by atoms with Crippen LogP contribution < -0.4 is 10.1 Å². The van der Waals surface area contributed by atoms with Gasteiger partial charge in [0, 0.05) is 13.1 Å². The first kappa shape index (κ1) is 12.5.